The van der Waals surface area contributed by atoms with E-state index in [0.717, 1.165) is 31.6 Å². The van der Waals surface area contributed by atoms with Gasteiger partial charge in [0.2, 0.25) is 12.3 Å². The number of rotatable bonds is 5. The van der Waals surface area contributed by atoms with Gasteiger partial charge in [0.1, 0.15) is 0 Å². The van der Waals surface area contributed by atoms with Crippen molar-refractivity contribution in [1.82, 2.24) is 14.7 Å². The van der Waals surface area contributed by atoms with E-state index in [-0.39, 0.29) is 24.4 Å². The summed E-state index contributed by atoms with van der Waals surface area (Å²) in [6, 6.07) is 5.35. The van der Waals surface area contributed by atoms with Crippen molar-refractivity contribution in [2.24, 2.45) is 0 Å². The number of benzene rings is 1. The number of nitrogens with zero attached hydrogens (tertiary/aromatic N) is 3. The molecule has 1 unspecified atom stereocenters. The van der Waals surface area contributed by atoms with Crippen molar-refractivity contribution in [3.8, 4) is 0 Å². The van der Waals surface area contributed by atoms with Crippen LogP contribution in [0.5, 0.6) is 0 Å². The zero-order chi connectivity index (χ0) is 17.8. The number of hydrogen-bond acceptors (Lipinski definition) is 3. The zero-order valence-electron chi connectivity index (χ0n) is 14.6. The molecule has 5 nitrogen and oxygen atoms in total. The quantitative estimate of drug-likeness (QED) is 0.688. The average Bonchev–Trinajstić information content (AvgIpc) is 3.11. The Balaban J connectivity index is 0.00000243. The van der Waals surface area contributed by atoms with Gasteiger partial charge in [0, 0.05) is 26.2 Å². The maximum atomic E-state index is 12.9. The maximum absolute atomic E-state index is 12.9. The van der Waals surface area contributed by atoms with Crippen molar-refractivity contribution in [1.29, 1.82) is 0 Å². The predicted octanol–water partition coefficient (Wildman–Crippen LogP) is 2.72. The zero-order valence-corrected chi connectivity index (χ0v) is 16.9. The molecule has 2 aliphatic rings. The minimum absolute atomic E-state index is 0. The van der Waals surface area contributed by atoms with Crippen molar-refractivity contribution in [2.75, 3.05) is 39.3 Å². The van der Waals surface area contributed by atoms with Gasteiger partial charge in [-0.1, -0.05) is 29.3 Å². The second-order valence-corrected chi connectivity index (χ2v) is 7.59. The van der Waals surface area contributed by atoms with E-state index in [1.165, 1.54) is 12.8 Å². The van der Waals surface area contributed by atoms with Crippen LogP contribution in [0.1, 0.15) is 18.4 Å². The topological polar surface area (TPSA) is 43.9 Å². The number of hydrogen-bond donors (Lipinski definition) is 0. The summed E-state index contributed by atoms with van der Waals surface area (Å²) in [5, 5.41) is 0.954. The molecule has 1 aromatic carbocycles. The first-order valence-electron chi connectivity index (χ1n) is 8.72. The van der Waals surface area contributed by atoms with Crippen LogP contribution in [0.15, 0.2) is 18.2 Å². The highest BCUT2D eigenvalue weighted by Gasteiger charge is 2.31. The molecule has 144 valence electrons. The molecule has 1 atom stereocenters. The van der Waals surface area contributed by atoms with Crippen LogP contribution in [0, 0.1) is 0 Å². The van der Waals surface area contributed by atoms with Crippen LogP contribution >= 0.6 is 35.6 Å². The molecule has 0 N–H and O–H groups in total. The highest BCUT2D eigenvalue weighted by atomic mass is 35.5. The van der Waals surface area contributed by atoms with Gasteiger partial charge in [0.05, 0.1) is 22.5 Å². The van der Waals surface area contributed by atoms with Crippen LogP contribution in [0.4, 0.5) is 0 Å². The van der Waals surface area contributed by atoms with Crippen molar-refractivity contribution >= 4 is 47.9 Å². The fourth-order valence-electron chi connectivity index (χ4n) is 3.65. The molecule has 0 saturated carbocycles. The summed E-state index contributed by atoms with van der Waals surface area (Å²) in [5.41, 5.74) is 0.858. The molecule has 0 spiro atoms. The third kappa shape index (κ3) is 5.26. The first kappa shape index (κ1) is 21.3. The molecule has 8 heteroatoms. The Kier molecular flexibility index (Phi) is 8.02. The molecule has 26 heavy (non-hydrogen) atoms. The van der Waals surface area contributed by atoms with Gasteiger partial charge in [0.25, 0.3) is 0 Å². The third-order valence-corrected chi connectivity index (χ3v) is 5.73. The standard InChI is InChI=1S/C18H23Cl2N3O2.ClH/c19-16-4-3-14(9-17(16)20)10-18(25)23-8-7-22(13-24)12-15(23)11-21-5-1-2-6-21;/h3-4,9,13,15H,1-2,5-8,10-12H2;1H. The monoisotopic (exact) mass is 419 g/mol. The van der Waals surface area contributed by atoms with Crippen LogP contribution in [0.3, 0.4) is 0 Å². The highest BCUT2D eigenvalue weighted by molar-refractivity contribution is 6.42. The summed E-state index contributed by atoms with van der Waals surface area (Å²) >= 11 is 12.0. The number of likely N-dealkylation sites (tertiary alicyclic amines) is 1. The number of carbonyl (C=O) groups excluding carboxylic acids is 2. The number of piperazine rings is 1. The molecule has 1 aromatic rings. The molecule has 2 saturated heterocycles. The lowest BCUT2D eigenvalue weighted by Crippen LogP contribution is -2.58. The van der Waals surface area contributed by atoms with E-state index in [1.807, 2.05) is 11.0 Å². The van der Waals surface area contributed by atoms with Gasteiger partial charge >= 0.3 is 0 Å². The highest BCUT2D eigenvalue weighted by Crippen LogP contribution is 2.23. The summed E-state index contributed by atoms with van der Waals surface area (Å²) in [7, 11) is 0. The summed E-state index contributed by atoms with van der Waals surface area (Å²) in [6.07, 6.45) is 3.61. The van der Waals surface area contributed by atoms with Crippen LogP contribution in [0.25, 0.3) is 0 Å². The lowest BCUT2D eigenvalue weighted by Gasteiger charge is -2.41. The van der Waals surface area contributed by atoms with E-state index in [0.29, 0.717) is 36.1 Å². The smallest absolute Gasteiger partial charge is 0.227 e. The largest absolute Gasteiger partial charge is 0.341 e. The van der Waals surface area contributed by atoms with Crippen LogP contribution in [0.2, 0.25) is 10.0 Å². The Labute approximate surface area is 170 Å². The molecule has 0 aliphatic carbocycles. The second kappa shape index (κ2) is 9.79. The summed E-state index contributed by atoms with van der Waals surface area (Å²) in [5.74, 6) is 0.0770. The van der Waals surface area contributed by atoms with Gasteiger partial charge in [0.15, 0.2) is 0 Å². The molecule has 2 amide bonds. The van der Waals surface area contributed by atoms with E-state index in [2.05, 4.69) is 4.90 Å². The molecular formula is C18H24Cl3N3O2. The van der Waals surface area contributed by atoms with E-state index in [9.17, 15) is 9.59 Å². The molecule has 0 aromatic heterocycles. The van der Waals surface area contributed by atoms with Gasteiger partial charge in [-0.3, -0.25) is 9.59 Å². The SMILES string of the molecule is Cl.O=CN1CCN(C(=O)Cc2ccc(Cl)c(Cl)c2)C(CN2CCCC2)C1. The van der Waals surface area contributed by atoms with Crippen LogP contribution in [-0.4, -0.2) is 72.3 Å². The molecule has 2 fully saturated rings. The summed E-state index contributed by atoms with van der Waals surface area (Å²) in [4.78, 5) is 30.1. The summed E-state index contributed by atoms with van der Waals surface area (Å²) < 4.78 is 0. The first-order valence-corrected chi connectivity index (χ1v) is 9.47. The normalized spacial score (nSPS) is 20.8. The van der Waals surface area contributed by atoms with E-state index < -0.39 is 0 Å². The molecule has 0 bridgehead atoms. The Morgan fingerprint density at radius 3 is 2.50 bits per heavy atom. The Morgan fingerprint density at radius 2 is 1.85 bits per heavy atom. The van der Waals surface area contributed by atoms with Gasteiger partial charge in [-0.15, -0.1) is 12.4 Å². The lowest BCUT2D eigenvalue weighted by atomic mass is 10.1. The average molecular weight is 421 g/mol. The van der Waals surface area contributed by atoms with Gasteiger partial charge in [-0.25, -0.2) is 0 Å². The maximum Gasteiger partial charge on any atom is 0.227 e. The van der Waals surface area contributed by atoms with Gasteiger partial charge in [-0.2, -0.15) is 0 Å². The van der Waals surface area contributed by atoms with Crippen molar-refractivity contribution < 1.29 is 9.59 Å². The van der Waals surface area contributed by atoms with Gasteiger partial charge in [-0.05, 0) is 43.6 Å². The van der Waals surface area contributed by atoms with Crippen molar-refractivity contribution in [2.45, 2.75) is 25.3 Å². The fourth-order valence-corrected chi connectivity index (χ4v) is 3.97. The number of carbonyl (C=O) groups is 2. The Morgan fingerprint density at radius 1 is 1.12 bits per heavy atom. The molecule has 3 rings (SSSR count). The minimum Gasteiger partial charge on any atom is -0.341 e. The van der Waals surface area contributed by atoms with E-state index in [1.54, 1.807) is 17.0 Å². The summed E-state index contributed by atoms with van der Waals surface area (Å²) in [6.45, 7) is 4.76. The number of halogens is 3. The molecular weight excluding hydrogens is 397 g/mol. The first-order chi connectivity index (χ1) is 12.1. The molecule has 2 heterocycles. The van der Waals surface area contributed by atoms with Gasteiger partial charge < -0.3 is 14.7 Å². The van der Waals surface area contributed by atoms with E-state index >= 15 is 0 Å². The predicted molar refractivity (Wildman–Crippen MR) is 106 cm³/mol. The van der Waals surface area contributed by atoms with Crippen molar-refractivity contribution in [3.05, 3.63) is 33.8 Å². The minimum atomic E-state index is 0. The lowest BCUT2D eigenvalue weighted by molar-refractivity contribution is -0.138. The fraction of sp³-hybridized carbons (Fsp3) is 0.556. The Bertz CT molecular complexity index is 638. The Hall–Kier alpha value is -1.01. The molecule has 2 aliphatic heterocycles. The van der Waals surface area contributed by atoms with Crippen LogP contribution < -0.4 is 0 Å². The van der Waals surface area contributed by atoms with Crippen molar-refractivity contribution in [3.63, 3.8) is 0 Å². The third-order valence-electron chi connectivity index (χ3n) is 4.99. The second-order valence-electron chi connectivity index (χ2n) is 6.77. The van der Waals surface area contributed by atoms with E-state index in [4.69, 9.17) is 23.2 Å². The van der Waals surface area contributed by atoms with Crippen LogP contribution in [-0.2, 0) is 16.0 Å². The molecule has 0 radical (unpaired) electrons. The number of amides is 2.